The third-order valence-electron chi connectivity index (χ3n) is 9.02. The molecule has 0 aliphatic carbocycles. The molecule has 0 aromatic carbocycles. The second kappa shape index (κ2) is 28.8. The van der Waals surface area contributed by atoms with Crippen molar-refractivity contribution in [1.29, 1.82) is 0 Å². The second-order valence-electron chi connectivity index (χ2n) is 14.1. The van der Waals surface area contributed by atoms with Gasteiger partial charge in [-0.25, -0.2) is 0 Å². The molecule has 0 rings (SSSR count). The zero-order valence-electron chi connectivity index (χ0n) is 32.0. The zero-order valence-corrected chi connectivity index (χ0v) is 32.0. The summed E-state index contributed by atoms with van der Waals surface area (Å²) < 4.78 is 0. The Hall–Kier alpha value is -3.18. The Bertz CT molecular complexity index is 841. The minimum absolute atomic E-state index is 0.0253. The fourth-order valence-electron chi connectivity index (χ4n) is 5.11. The Morgan fingerprint density at radius 1 is 0.458 bits per heavy atom. The maximum Gasteiger partial charge on any atom is 0.307 e. The quantitative estimate of drug-likeness (QED) is 0.0854. The van der Waals surface area contributed by atoms with Gasteiger partial charge < -0.3 is 32.5 Å². The molecule has 0 aliphatic heterocycles. The Kier molecular flexibility index (Phi) is 31.0. The van der Waals surface area contributed by atoms with Crippen LogP contribution in [0.15, 0.2) is 0 Å². The highest BCUT2D eigenvalue weighted by Gasteiger charge is 2.24. The normalized spacial score (nSPS) is 14.5. The van der Waals surface area contributed by atoms with E-state index in [9.17, 15) is 28.8 Å². The highest BCUT2D eigenvalue weighted by molar-refractivity contribution is 5.82. The van der Waals surface area contributed by atoms with Crippen molar-refractivity contribution in [1.82, 2.24) is 0 Å². The van der Waals surface area contributed by atoms with E-state index in [0.29, 0.717) is 35.5 Å². The van der Waals surface area contributed by atoms with Crippen LogP contribution in [0, 0.1) is 59.2 Å². The van der Waals surface area contributed by atoms with Crippen molar-refractivity contribution >= 4 is 35.6 Å². The van der Waals surface area contributed by atoms with Gasteiger partial charge >= 0.3 is 17.9 Å². The summed E-state index contributed by atoms with van der Waals surface area (Å²) in [6.45, 7) is 25.4. The molecule has 3 amide bonds. The van der Waals surface area contributed by atoms with Gasteiger partial charge in [-0.15, -0.1) is 0 Å². The maximum atomic E-state index is 10.8. The third kappa shape index (κ3) is 29.0. The summed E-state index contributed by atoms with van der Waals surface area (Å²) in [5.41, 5.74) is 15.6. The van der Waals surface area contributed by atoms with Crippen molar-refractivity contribution < 1.29 is 44.1 Å². The van der Waals surface area contributed by atoms with E-state index >= 15 is 0 Å². The van der Waals surface area contributed by atoms with Crippen molar-refractivity contribution in [2.75, 3.05) is 0 Å². The first-order chi connectivity index (χ1) is 21.9. The largest absolute Gasteiger partial charge is 0.481 e. The van der Waals surface area contributed by atoms with Gasteiger partial charge in [-0.3, -0.25) is 28.8 Å². The van der Waals surface area contributed by atoms with Crippen LogP contribution in [0.1, 0.15) is 134 Å². The molecule has 12 nitrogen and oxygen atoms in total. The lowest BCUT2D eigenvalue weighted by molar-refractivity contribution is -0.152. The summed E-state index contributed by atoms with van der Waals surface area (Å²) in [4.78, 5) is 62.7. The topological polar surface area (TPSA) is 241 Å². The molecule has 12 heteroatoms. The highest BCUT2D eigenvalue weighted by atomic mass is 16.4. The zero-order chi connectivity index (χ0) is 38.9. The first kappa shape index (κ1) is 51.7. The lowest BCUT2D eigenvalue weighted by atomic mass is 9.85. The molecule has 0 aliphatic rings. The Morgan fingerprint density at radius 3 is 0.771 bits per heavy atom. The van der Waals surface area contributed by atoms with E-state index in [4.69, 9.17) is 32.5 Å². The number of hydrogen-bond acceptors (Lipinski definition) is 6. The van der Waals surface area contributed by atoms with Gasteiger partial charge in [0.1, 0.15) is 0 Å². The highest BCUT2D eigenvalue weighted by Crippen LogP contribution is 2.24. The van der Waals surface area contributed by atoms with Crippen LogP contribution >= 0.6 is 0 Å². The average molecular weight is 690 g/mol. The number of aliphatic carboxylic acids is 3. The minimum atomic E-state index is -1.40. The average Bonchev–Trinajstić information content (AvgIpc) is 2.96. The van der Waals surface area contributed by atoms with Crippen LogP contribution in [0.4, 0.5) is 0 Å². The number of carbonyl (C=O) groups excluding carboxylic acids is 3. The lowest BCUT2D eigenvalue weighted by Gasteiger charge is -2.21. The first-order valence-corrected chi connectivity index (χ1v) is 17.4. The number of primary amides is 3. The Morgan fingerprint density at radius 2 is 0.667 bits per heavy atom. The number of rotatable bonds is 20. The summed E-state index contributed by atoms with van der Waals surface area (Å²) in [6, 6.07) is 0. The molecule has 0 aromatic heterocycles. The van der Waals surface area contributed by atoms with E-state index in [1.54, 1.807) is 0 Å². The monoisotopic (exact) mass is 690 g/mol. The number of hydrogen-bond donors (Lipinski definition) is 6. The van der Waals surface area contributed by atoms with Crippen LogP contribution in [-0.4, -0.2) is 50.9 Å². The van der Waals surface area contributed by atoms with Crippen LogP contribution < -0.4 is 17.2 Å². The predicted molar refractivity (Wildman–Crippen MR) is 190 cm³/mol. The van der Waals surface area contributed by atoms with E-state index in [1.807, 2.05) is 20.8 Å². The maximum absolute atomic E-state index is 10.8. The molecule has 0 bridgehead atoms. The molecule has 48 heavy (non-hydrogen) atoms. The molecule has 6 atom stereocenters. The van der Waals surface area contributed by atoms with Gasteiger partial charge in [0.25, 0.3) is 0 Å². The molecule has 6 unspecified atom stereocenters. The summed E-state index contributed by atoms with van der Waals surface area (Å²) in [5, 5.41) is 24.7. The molecule has 9 N–H and O–H groups in total. The van der Waals surface area contributed by atoms with Crippen molar-refractivity contribution in [3.8, 4) is 0 Å². The Labute approximate surface area is 290 Å². The lowest BCUT2D eigenvalue weighted by Crippen LogP contribution is -2.24. The van der Waals surface area contributed by atoms with Gasteiger partial charge in [-0.05, 0) is 54.8 Å². The molecule has 0 heterocycles. The summed E-state index contributed by atoms with van der Waals surface area (Å²) in [7, 11) is 0. The second-order valence-corrected chi connectivity index (χ2v) is 14.1. The minimum Gasteiger partial charge on any atom is -0.481 e. The number of amides is 3. The van der Waals surface area contributed by atoms with Crippen molar-refractivity contribution in [2.45, 2.75) is 134 Å². The summed E-state index contributed by atoms with van der Waals surface area (Å²) in [5.74, 6) is -1.98. The van der Waals surface area contributed by atoms with Gasteiger partial charge in [0.15, 0.2) is 0 Å². The molecule has 0 spiro atoms. The van der Waals surface area contributed by atoms with Crippen molar-refractivity contribution in [3.63, 3.8) is 0 Å². The van der Waals surface area contributed by atoms with Crippen LogP contribution in [0.5, 0.6) is 0 Å². The van der Waals surface area contributed by atoms with E-state index in [2.05, 4.69) is 62.3 Å². The molecular weight excluding hydrogens is 618 g/mol. The smallest absolute Gasteiger partial charge is 0.307 e. The Balaban J connectivity index is -0.000000269. The summed E-state index contributed by atoms with van der Waals surface area (Å²) >= 11 is 0. The van der Waals surface area contributed by atoms with Crippen LogP contribution in [0.3, 0.4) is 0 Å². The molecular formula is C36H71N3O9. The number of carbonyl (C=O) groups is 6. The molecule has 0 aromatic rings. The predicted octanol–water partition coefficient (Wildman–Crippen LogP) is 6.18. The van der Waals surface area contributed by atoms with Crippen LogP contribution in [0.2, 0.25) is 0 Å². The first-order valence-electron chi connectivity index (χ1n) is 17.4. The molecule has 0 saturated heterocycles. The van der Waals surface area contributed by atoms with Gasteiger partial charge in [-0.1, -0.05) is 102 Å². The third-order valence-corrected chi connectivity index (χ3v) is 9.02. The molecule has 284 valence electrons. The standard InChI is InChI=1S/3C10H21NO.C6H8O6/c3*1-5-9(7(2)3)6-8(4)10(11)12;7-4(8)1-3(6(11)12)2-5(9)10/h3*7-9H,5-6H2,1-4H3,(H2,11,12);3H,1-2H2,(H,7,8)(H,9,10)(H,11,12). The fourth-order valence-corrected chi connectivity index (χ4v) is 5.11. The van der Waals surface area contributed by atoms with Gasteiger partial charge in [-0.2, -0.15) is 0 Å². The van der Waals surface area contributed by atoms with E-state index < -0.39 is 36.7 Å². The van der Waals surface area contributed by atoms with Crippen LogP contribution in [0.25, 0.3) is 0 Å². The number of carboxylic acids is 3. The van der Waals surface area contributed by atoms with Gasteiger partial charge in [0, 0.05) is 17.8 Å². The van der Waals surface area contributed by atoms with Crippen molar-refractivity contribution in [2.24, 2.45) is 76.4 Å². The number of carboxylic acid groups (broad SMARTS) is 3. The van der Waals surface area contributed by atoms with Gasteiger partial charge in [0.05, 0.1) is 18.8 Å². The van der Waals surface area contributed by atoms with Crippen molar-refractivity contribution in [3.05, 3.63) is 0 Å². The molecule has 0 fully saturated rings. The van der Waals surface area contributed by atoms with Crippen LogP contribution in [-0.2, 0) is 28.8 Å². The number of nitrogens with two attached hydrogens (primary N) is 3. The molecule has 0 saturated carbocycles. The van der Waals surface area contributed by atoms with E-state index in [-0.39, 0.29) is 35.5 Å². The summed E-state index contributed by atoms with van der Waals surface area (Å²) in [6.07, 6.45) is 4.87. The molecule has 0 radical (unpaired) electrons. The SMILES string of the molecule is CCC(CC(C)C(N)=O)C(C)C.CCC(CC(C)C(N)=O)C(C)C.CCC(CC(C)C(N)=O)C(C)C.O=C(O)CC(CC(=O)O)C(=O)O. The van der Waals surface area contributed by atoms with E-state index in [0.717, 1.165) is 38.5 Å². The van der Waals surface area contributed by atoms with Gasteiger partial charge in [0.2, 0.25) is 17.7 Å². The van der Waals surface area contributed by atoms with E-state index in [1.165, 1.54) is 0 Å². The fraction of sp³-hybridized carbons (Fsp3) is 0.833.